The number of anilines is 2. The Bertz CT molecular complexity index is 519. The van der Waals surface area contributed by atoms with Crippen molar-refractivity contribution < 1.29 is 19.1 Å². The molecule has 102 valence electrons. The van der Waals surface area contributed by atoms with Crippen LogP contribution in [-0.2, 0) is 9.59 Å². The molecule has 0 aliphatic carbocycles. The van der Waals surface area contributed by atoms with E-state index in [4.69, 9.17) is 5.11 Å². The molecule has 1 aliphatic rings. The molecule has 0 radical (unpaired) electrons. The second-order valence-corrected chi connectivity index (χ2v) is 4.47. The largest absolute Gasteiger partial charge is 0.481 e. The number of benzene rings is 1. The summed E-state index contributed by atoms with van der Waals surface area (Å²) in [6.45, 7) is 0.740. The predicted molar refractivity (Wildman–Crippen MR) is 68.9 cm³/mol. The Balaban J connectivity index is 2.35. The fourth-order valence-corrected chi connectivity index (χ4v) is 2.15. The molecular formula is C13H15FN2O3. The number of rotatable bonds is 3. The quantitative estimate of drug-likeness (QED) is 0.900. The molecule has 1 aromatic rings. The smallest absolute Gasteiger partial charge is 0.305 e. The maximum Gasteiger partial charge on any atom is 0.305 e. The van der Waals surface area contributed by atoms with E-state index in [9.17, 15) is 14.0 Å². The molecule has 19 heavy (non-hydrogen) atoms. The number of carboxylic acids is 1. The van der Waals surface area contributed by atoms with Crippen molar-refractivity contribution in [3.63, 3.8) is 0 Å². The lowest BCUT2D eigenvalue weighted by Crippen LogP contribution is -2.27. The van der Waals surface area contributed by atoms with Gasteiger partial charge in [0.2, 0.25) is 5.91 Å². The highest BCUT2D eigenvalue weighted by Crippen LogP contribution is 2.32. The van der Waals surface area contributed by atoms with Crippen LogP contribution in [0.2, 0.25) is 0 Å². The fraction of sp³-hybridized carbons (Fsp3) is 0.385. The second kappa shape index (κ2) is 5.26. The maximum absolute atomic E-state index is 13.3. The maximum atomic E-state index is 13.3. The SMILES string of the molecule is CN1C(=O)CCN(CCC(=O)O)c2ccc(F)cc21. The Morgan fingerprint density at radius 1 is 1.42 bits per heavy atom. The number of hydrogen-bond donors (Lipinski definition) is 1. The Morgan fingerprint density at radius 3 is 2.84 bits per heavy atom. The molecule has 0 saturated heterocycles. The van der Waals surface area contributed by atoms with Gasteiger partial charge in [-0.3, -0.25) is 9.59 Å². The van der Waals surface area contributed by atoms with Crippen molar-refractivity contribution in [3.05, 3.63) is 24.0 Å². The number of halogens is 1. The number of carbonyl (C=O) groups is 2. The van der Waals surface area contributed by atoms with E-state index >= 15 is 0 Å². The van der Waals surface area contributed by atoms with Gasteiger partial charge >= 0.3 is 5.97 Å². The van der Waals surface area contributed by atoms with Crippen LogP contribution in [0.15, 0.2) is 18.2 Å². The highest BCUT2D eigenvalue weighted by molar-refractivity contribution is 5.98. The number of fused-ring (bicyclic) bond motifs is 1. The Labute approximate surface area is 110 Å². The predicted octanol–water partition coefficient (Wildman–Crippen LogP) is 1.47. The van der Waals surface area contributed by atoms with Gasteiger partial charge in [0.25, 0.3) is 0 Å². The van der Waals surface area contributed by atoms with Gasteiger partial charge in [0.1, 0.15) is 5.82 Å². The first-order chi connectivity index (χ1) is 8.99. The van der Waals surface area contributed by atoms with Gasteiger partial charge in [-0.25, -0.2) is 4.39 Å². The standard InChI is InChI=1S/C13H15FN2O3/c1-15-11-8-9(14)2-3-10(11)16(6-4-12(15)17)7-5-13(18)19/h2-3,8H,4-7H2,1H3,(H,18,19). The van der Waals surface area contributed by atoms with Crippen LogP contribution in [0, 0.1) is 5.82 Å². The van der Waals surface area contributed by atoms with Crippen molar-refractivity contribution in [2.45, 2.75) is 12.8 Å². The minimum atomic E-state index is -0.896. The Kier molecular flexibility index (Phi) is 3.69. The van der Waals surface area contributed by atoms with Crippen molar-refractivity contribution in [3.8, 4) is 0 Å². The summed E-state index contributed by atoms with van der Waals surface area (Å²) < 4.78 is 13.3. The van der Waals surface area contributed by atoms with Crippen molar-refractivity contribution in [1.82, 2.24) is 0 Å². The first-order valence-corrected chi connectivity index (χ1v) is 6.02. The van der Waals surface area contributed by atoms with Gasteiger partial charge in [0.15, 0.2) is 0 Å². The molecule has 1 heterocycles. The molecule has 2 rings (SSSR count). The lowest BCUT2D eigenvalue weighted by Gasteiger charge is -2.24. The minimum absolute atomic E-state index is 0.0191. The summed E-state index contributed by atoms with van der Waals surface area (Å²) in [6.07, 6.45) is 0.265. The summed E-state index contributed by atoms with van der Waals surface area (Å²) in [4.78, 5) is 25.7. The number of nitrogens with zero attached hydrogens (tertiary/aromatic N) is 2. The van der Waals surface area contributed by atoms with Crippen LogP contribution in [0.4, 0.5) is 15.8 Å². The monoisotopic (exact) mass is 266 g/mol. The van der Waals surface area contributed by atoms with Crippen molar-refractivity contribution in [2.75, 3.05) is 29.9 Å². The molecule has 1 amide bonds. The number of carboxylic acid groups (broad SMARTS) is 1. The molecule has 1 aromatic carbocycles. The average molecular weight is 266 g/mol. The van der Waals surface area contributed by atoms with Gasteiger partial charge in [-0.1, -0.05) is 0 Å². The Hall–Kier alpha value is -2.11. The highest BCUT2D eigenvalue weighted by Gasteiger charge is 2.24. The van der Waals surface area contributed by atoms with E-state index in [-0.39, 0.29) is 18.7 Å². The first kappa shape index (κ1) is 13.3. The Morgan fingerprint density at radius 2 is 2.16 bits per heavy atom. The van der Waals surface area contributed by atoms with E-state index in [1.165, 1.54) is 17.0 Å². The van der Waals surface area contributed by atoms with E-state index in [1.807, 2.05) is 4.90 Å². The molecule has 5 nitrogen and oxygen atoms in total. The van der Waals surface area contributed by atoms with E-state index in [0.717, 1.165) is 0 Å². The normalized spacial score (nSPS) is 15.2. The number of hydrogen-bond acceptors (Lipinski definition) is 3. The van der Waals surface area contributed by atoms with Crippen LogP contribution < -0.4 is 9.80 Å². The molecular weight excluding hydrogens is 251 g/mol. The van der Waals surface area contributed by atoms with Crippen LogP contribution in [0.5, 0.6) is 0 Å². The van der Waals surface area contributed by atoms with Crippen LogP contribution >= 0.6 is 0 Å². The molecule has 0 unspecified atom stereocenters. The molecule has 0 spiro atoms. The van der Waals surface area contributed by atoms with E-state index in [2.05, 4.69) is 0 Å². The van der Waals surface area contributed by atoms with Gasteiger partial charge in [-0.05, 0) is 18.2 Å². The molecule has 0 atom stereocenters. The van der Waals surface area contributed by atoms with Crippen molar-refractivity contribution >= 4 is 23.3 Å². The summed E-state index contributed by atoms with van der Waals surface area (Å²) in [5.74, 6) is -1.42. The zero-order chi connectivity index (χ0) is 14.0. The summed E-state index contributed by atoms with van der Waals surface area (Å²) in [7, 11) is 1.60. The molecule has 0 fully saturated rings. The van der Waals surface area contributed by atoms with Crippen LogP contribution in [0.1, 0.15) is 12.8 Å². The summed E-state index contributed by atoms with van der Waals surface area (Å²) in [6, 6.07) is 4.20. The molecule has 6 heteroatoms. The van der Waals surface area contributed by atoms with Gasteiger partial charge in [0, 0.05) is 26.6 Å². The molecule has 0 saturated carbocycles. The molecule has 0 aromatic heterocycles. The zero-order valence-electron chi connectivity index (χ0n) is 10.6. The lowest BCUT2D eigenvalue weighted by molar-refractivity contribution is -0.136. The lowest BCUT2D eigenvalue weighted by atomic mass is 10.2. The van der Waals surface area contributed by atoms with Gasteiger partial charge in [0.05, 0.1) is 17.8 Å². The second-order valence-electron chi connectivity index (χ2n) is 4.47. The van der Waals surface area contributed by atoms with Gasteiger partial charge < -0.3 is 14.9 Å². The molecule has 1 N–H and O–H groups in total. The van der Waals surface area contributed by atoms with E-state index < -0.39 is 11.8 Å². The van der Waals surface area contributed by atoms with Crippen LogP contribution in [0.3, 0.4) is 0 Å². The summed E-state index contributed by atoms with van der Waals surface area (Å²) in [5.41, 5.74) is 1.17. The van der Waals surface area contributed by atoms with E-state index in [1.54, 1.807) is 13.1 Å². The third-order valence-electron chi connectivity index (χ3n) is 3.20. The number of amides is 1. The highest BCUT2D eigenvalue weighted by atomic mass is 19.1. The summed E-state index contributed by atoms with van der Waals surface area (Å²) in [5, 5.41) is 8.75. The third-order valence-corrected chi connectivity index (χ3v) is 3.20. The first-order valence-electron chi connectivity index (χ1n) is 6.02. The molecule has 1 aliphatic heterocycles. The third kappa shape index (κ3) is 2.83. The topological polar surface area (TPSA) is 60.9 Å². The van der Waals surface area contributed by atoms with E-state index in [0.29, 0.717) is 24.5 Å². The molecule has 0 bridgehead atoms. The van der Waals surface area contributed by atoms with Crippen molar-refractivity contribution in [2.24, 2.45) is 0 Å². The van der Waals surface area contributed by atoms with Crippen LogP contribution in [-0.4, -0.2) is 37.1 Å². The average Bonchev–Trinajstić information content (AvgIpc) is 2.47. The minimum Gasteiger partial charge on any atom is -0.481 e. The van der Waals surface area contributed by atoms with Crippen molar-refractivity contribution in [1.29, 1.82) is 0 Å². The number of carbonyl (C=O) groups excluding carboxylic acids is 1. The summed E-state index contributed by atoms with van der Waals surface area (Å²) >= 11 is 0. The zero-order valence-corrected chi connectivity index (χ0v) is 10.6. The van der Waals surface area contributed by atoms with Gasteiger partial charge in [-0.15, -0.1) is 0 Å². The fourth-order valence-electron chi connectivity index (χ4n) is 2.15. The number of aliphatic carboxylic acids is 1. The van der Waals surface area contributed by atoms with Gasteiger partial charge in [-0.2, -0.15) is 0 Å². The van der Waals surface area contributed by atoms with Crippen LogP contribution in [0.25, 0.3) is 0 Å².